The molecule has 25 heavy (non-hydrogen) atoms. The Kier molecular flexibility index (Phi) is 4.75. The lowest BCUT2D eigenvalue weighted by Crippen LogP contribution is -2.34. The zero-order valence-corrected chi connectivity index (χ0v) is 15.6. The van der Waals surface area contributed by atoms with Crippen molar-refractivity contribution in [2.45, 2.75) is 25.9 Å². The molecule has 1 N–H and O–H groups in total. The highest BCUT2D eigenvalue weighted by Crippen LogP contribution is 2.34. The predicted molar refractivity (Wildman–Crippen MR) is 99.6 cm³/mol. The van der Waals surface area contributed by atoms with Gasteiger partial charge in [-0.3, -0.25) is 9.10 Å². The van der Waals surface area contributed by atoms with Crippen LogP contribution in [0.25, 0.3) is 0 Å². The number of nitrogens with one attached hydrogen (secondary N) is 1. The third-order valence-corrected chi connectivity index (χ3v) is 5.89. The second-order valence-corrected chi connectivity index (χ2v) is 8.50. The van der Waals surface area contributed by atoms with Gasteiger partial charge in [0.15, 0.2) is 0 Å². The molecule has 0 bridgehead atoms. The molecule has 0 saturated carbocycles. The zero-order valence-electron chi connectivity index (χ0n) is 14.0. The molecule has 0 spiro atoms. The van der Waals surface area contributed by atoms with Gasteiger partial charge in [0.1, 0.15) is 0 Å². The Morgan fingerprint density at radius 3 is 2.68 bits per heavy atom. The van der Waals surface area contributed by atoms with E-state index in [4.69, 9.17) is 11.6 Å². The van der Waals surface area contributed by atoms with Gasteiger partial charge in [-0.25, -0.2) is 8.42 Å². The molecule has 0 unspecified atom stereocenters. The van der Waals surface area contributed by atoms with Gasteiger partial charge in [-0.2, -0.15) is 0 Å². The average molecular weight is 379 g/mol. The number of nitrogens with zero attached hydrogens (tertiary/aromatic N) is 1. The van der Waals surface area contributed by atoms with E-state index in [0.717, 1.165) is 11.1 Å². The second-order valence-electron chi connectivity index (χ2n) is 6.23. The first-order valence-corrected chi connectivity index (χ1v) is 10.1. The van der Waals surface area contributed by atoms with Crippen LogP contribution in [0.5, 0.6) is 0 Å². The molecule has 0 saturated heterocycles. The van der Waals surface area contributed by atoms with E-state index < -0.39 is 10.0 Å². The van der Waals surface area contributed by atoms with Gasteiger partial charge in [-0.1, -0.05) is 29.8 Å². The van der Waals surface area contributed by atoms with Crippen molar-refractivity contribution in [2.24, 2.45) is 0 Å². The van der Waals surface area contributed by atoms with Crippen LogP contribution in [0.15, 0.2) is 42.5 Å². The molecular weight excluding hydrogens is 360 g/mol. The third-order valence-electron chi connectivity index (χ3n) is 4.25. The first kappa shape index (κ1) is 17.8. The number of hydrogen-bond acceptors (Lipinski definition) is 3. The molecule has 0 fully saturated rings. The summed E-state index contributed by atoms with van der Waals surface area (Å²) in [6, 6.07) is 12.3. The van der Waals surface area contributed by atoms with Gasteiger partial charge in [-0.05, 0) is 48.7 Å². The average Bonchev–Trinajstić information content (AvgIpc) is 2.88. The van der Waals surface area contributed by atoms with Gasteiger partial charge < -0.3 is 5.32 Å². The van der Waals surface area contributed by atoms with Crippen molar-refractivity contribution >= 4 is 33.2 Å². The maximum absolute atomic E-state index is 12.4. The standard InChI is InChI=1S/C18H19ClN2O3S/c1-12-9-15-10-13(7-8-17(15)21(12)25(2,23)24)18(22)20-11-14-5-3-4-6-16(14)19/h3-8,10,12H,9,11H2,1-2H3,(H,20,22)/t12-/m1/s1. The SMILES string of the molecule is C[C@@H]1Cc2cc(C(=O)NCc3ccccc3Cl)ccc2N1S(C)(=O)=O. The van der Waals surface area contributed by atoms with Crippen LogP contribution in [-0.2, 0) is 23.0 Å². The Bertz CT molecular complexity index is 928. The summed E-state index contributed by atoms with van der Waals surface area (Å²) in [4.78, 5) is 12.4. The molecule has 1 amide bonds. The van der Waals surface area contributed by atoms with Crippen LogP contribution in [0.4, 0.5) is 5.69 Å². The fourth-order valence-electron chi connectivity index (χ4n) is 3.17. The van der Waals surface area contributed by atoms with Gasteiger partial charge in [0.25, 0.3) is 5.91 Å². The topological polar surface area (TPSA) is 66.5 Å². The molecule has 1 heterocycles. The summed E-state index contributed by atoms with van der Waals surface area (Å²) in [5, 5.41) is 3.45. The molecule has 0 aromatic heterocycles. The van der Waals surface area contributed by atoms with Crippen LogP contribution in [-0.4, -0.2) is 26.6 Å². The molecule has 132 valence electrons. The van der Waals surface area contributed by atoms with Crippen molar-refractivity contribution in [2.75, 3.05) is 10.6 Å². The van der Waals surface area contributed by atoms with Crippen molar-refractivity contribution < 1.29 is 13.2 Å². The zero-order chi connectivity index (χ0) is 18.2. The molecule has 2 aromatic carbocycles. The monoisotopic (exact) mass is 378 g/mol. The summed E-state index contributed by atoms with van der Waals surface area (Å²) < 4.78 is 25.3. The van der Waals surface area contributed by atoms with Crippen LogP contribution in [0.2, 0.25) is 5.02 Å². The molecule has 0 radical (unpaired) electrons. The number of fused-ring (bicyclic) bond motifs is 1. The van der Waals surface area contributed by atoms with E-state index in [-0.39, 0.29) is 11.9 Å². The minimum absolute atomic E-state index is 0.147. The van der Waals surface area contributed by atoms with Crippen LogP contribution < -0.4 is 9.62 Å². The van der Waals surface area contributed by atoms with Crippen molar-refractivity contribution in [3.8, 4) is 0 Å². The molecule has 0 aliphatic carbocycles. The maximum atomic E-state index is 12.4. The Labute approximate surface area is 152 Å². The van der Waals surface area contributed by atoms with E-state index in [1.807, 2.05) is 25.1 Å². The smallest absolute Gasteiger partial charge is 0.251 e. The van der Waals surface area contributed by atoms with Crippen molar-refractivity contribution in [3.05, 3.63) is 64.2 Å². The van der Waals surface area contributed by atoms with E-state index in [1.54, 1.807) is 24.3 Å². The van der Waals surface area contributed by atoms with Crippen LogP contribution >= 0.6 is 11.6 Å². The van der Waals surface area contributed by atoms with Crippen LogP contribution in [0.3, 0.4) is 0 Å². The summed E-state index contributed by atoms with van der Waals surface area (Å²) in [5.74, 6) is -0.215. The fraction of sp³-hybridized carbons (Fsp3) is 0.278. The van der Waals surface area contributed by atoms with Crippen molar-refractivity contribution in [3.63, 3.8) is 0 Å². The van der Waals surface area contributed by atoms with Crippen LogP contribution in [0.1, 0.15) is 28.4 Å². The number of amides is 1. The van der Waals surface area contributed by atoms with Gasteiger partial charge in [-0.15, -0.1) is 0 Å². The number of benzene rings is 2. The predicted octanol–water partition coefficient (Wildman–Crippen LogP) is 2.98. The number of halogens is 1. The van der Waals surface area contributed by atoms with Crippen molar-refractivity contribution in [1.82, 2.24) is 5.32 Å². The molecule has 1 aliphatic rings. The van der Waals surface area contributed by atoms with E-state index in [9.17, 15) is 13.2 Å². The lowest BCUT2D eigenvalue weighted by Gasteiger charge is -2.21. The number of sulfonamides is 1. The normalized spacial score (nSPS) is 16.6. The van der Waals surface area contributed by atoms with Gasteiger partial charge in [0, 0.05) is 23.2 Å². The molecule has 5 nitrogen and oxygen atoms in total. The van der Waals surface area contributed by atoms with Gasteiger partial charge in [0.05, 0.1) is 11.9 Å². The van der Waals surface area contributed by atoms with E-state index >= 15 is 0 Å². The van der Waals surface area contributed by atoms with Crippen molar-refractivity contribution in [1.29, 1.82) is 0 Å². The Morgan fingerprint density at radius 1 is 1.28 bits per heavy atom. The summed E-state index contributed by atoms with van der Waals surface area (Å²) in [6.45, 7) is 2.19. The summed E-state index contributed by atoms with van der Waals surface area (Å²) >= 11 is 6.09. The molecular formula is C18H19ClN2O3S. The minimum atomic E-state index is -3.33. The molecule has 7 heteroatoms. The Hall–Kier alpha value is -2.05. The fourth-order valence-corrected chi connectivity index (χ4v) is 4.63. The molecule has 3 rings (SSSR count). The number of carbonyl (C=O) groups excluding carboxylic acids is 1. The number of hydrogen-bond donors (Lipinski definition) is 1. The first-order chi connectivity index (χ1) is 11.8. The minimum Gasteiger partial charge on any atom is -0.348 e. The van der Waals surface area contributed by atoms with E-state index in [2.05, 4.69) is 5.32 Å². The molecule has 2 aromatic rings. The third kappa shape index (κ3) is 3.65. The number of rotatable bonds is 4. The molecule has 1 atom stereocenters. The van der Waals surface area contributed by atoms with E-state index in [0.29, 0.717) is 29.2 Å². The number of carbonyl (C=O) groups is 1. The lowest BCUT2D eigenvalue weighted by atomic mass is 10.1. The number of anilines is 1. The van der Waals surface area contributed by atoms with E-state index in [1.165, 1.54) is 10.6 Å². The summed E-state index contributed by atoms with van der Waals surface area (Å²) in [6.07, 6.45) is 1.79. The first-order valence-electron chi connectivity index (χ1n) is 7.91. The summed E-state index contributed by atoms with van der Waals surface area (Å²) in [5.41, 5.74) is 2.87. The Balaban J connectivity index is 1.78. The highest BCUT2D eigenvalue weighted by Gasteiger charge is 2.32. The maximum Gasteiger partial charge on any atom is 0.251 e. The second kappa shape index (κ2) is 6.69. The highest BCUT2D eigenvalue weighted by molar-refractivity contribution is 7.92. The molecule has 1 aliphatic heterocycles. The summed E-state index contributed by atoms with van der Waals surface area (Å²) in [7, 11) is -3.33. The van der Waals surface area contributed by atoms with Gasteiger partial charge >= 0.3 is 0 Å². The van der Waals surface area contributed by atoms with Crippen LogP contribution in [0, 0.1) is 0 Å². The quantitative estimate of drug-likeness (QED) is 0.889. The largest absolute Gasteiger partial charge is 0.348 e. The lowest BCUT2D eigenvalue weighted by molar-refractivity contribution is 0.0951. The van der Waals surface area contributed by atoms with Gasteiger partial charge in [0.2, 0.25) is 10.0 Å². The Morgan fingerprint density at radius 2 is 2.00 bits per heavy atom. The highest BCUT2D eigenvalue weighted by atomic mass is 35.5.